The number of guanidine groups is 1. The van der Waals surface area contributed by atoms with Crippen molar-refractivity contribution in [2.45, 2.75) is 25.8 Å². The molecule has 0 saturated heterocycles. The summed E-state index contributed by atoms with van der Waals surface area (Å²) in [5.74, 6) is 0.909. The fraction of sp³-hybridized carbons (Fsp3) is 0.667. The lowest BCUT2D eigenvalue weighted by atomic mass is 10.2. The Hall–Kier alpha value is -0.990. The predicted molar refractivity (Wildman–Crippen MR) is 52.3 cm³/mol. The second-order valence-electron chi connectivity index (χ2n) is 2.89. The summed E-state index contributed by atoms with van der Waals surface area (Å²) in [5.41, 5.74) is 0. The van der Waals surface area contributed by atoms with Gasteiger partial charge in [-0.05, 0) is 19.8 Å². The van der Waals surface area contributed by atoms with E-state index in [2.05, 4.69) is 34.7 Å². The van der Waals surface area contributed by atoms with E-state index in [1.165, 1.54) is 0 Å². The van der Waals surface area contributed by atoms with Crippen LogP contribution in [0.3, 0.4) is 0 Å². The van der Waals surface area contributed by atoms with Gasteiger partial charge in [-0.1, -0.05) is 12.2 Å². The number of nitrogens with zero attached hydrogens (tertiary/aromatic N) is 1. The van der Waals surface area contributed by atoms with Crippen molar-refractivity contribution in [3.05, 3.63) is 12.2 Å². The first-order valence-electron chi connectivity index (χ1n) is 4.49. The van der Waals surface area contributed by atoms with Crippen LogP contribution in [0.15, 0.2) is 17.1 Å². The molecule has 0 spiro atoms. The molecule has 0 aromatic rings. The van der Waals surface area contributed by atoms with Gasteiger partial charge in [0, 0.05) is 19.6 Å². The number of rotatable bonds is 2. The molecule has 0 amide bonds. The van der Waals surface area contributed by atoms with Crippen LogP contribution in [-0.2, 0) is 0 Å². The zero-order valence-corrected chi connectivity index (χ0v) is 7.80. The molecule has 68 valence electrons. The molecule has 12 heavy (non-hydrogen) atoms. The third-order valence-corrected chi connectivity index (χ3v) is 1.92. The SMILES string of the molecule is CCNC(=NC)NC1CC=CC1. The standard InChI is InChI=1S/C9H17N3/c1-3-11-9(10-2)12-8-6-4-5-7-8/h4-5,8H,3,6-7H2,1-2H3,(H2,10,11,12). The molecule has 0 aromatic carbocycles. The number of hydrogen-bond acceptors (Lipinski definition) is 1. The minimum atomic E-state index is 0.544. The normalized spacial score (nSPS) is 18.3. The van der Waals surface area contributed by atoms with Gasteiger partial charge in [0.05, 0.1) is 0 Å². The molecule has 2 N–H and O–H groups in total. The third kappa shape index (κ3) is 2.57. The van der Waals surface area contributed by atoms with Crippen LogP contribution in [0.4, 0.5) is 0 Å². The van der Waals surface area contributed by atoms with Gasteiger partial charge in [-0.3, -0.25) is 4.99 Å². The van der Waals surface area contributed by atoms with Crippen LogP contribution >= 0.6 is 0 Å². The number of nitrogens with one attached hydrogen (secondary N) is 2. The summed E-state index contributed by atoms with van der Waals surface area (Å²) in [7, 11) is 1.80. The smallest absolute Gasteiger partial charge is 0.191 e. The Morgan fingerprint density at radius 1 is 1.50 bits per heavy atom. The topological polar surface area (TPSA) is 36.4 Å². The summed E-state index contributed by atoms with van der Waals surface area (Å²) in [5, 5.41) is 6.51. The van der Waals surface area contributed by atoms with Crippen LogP contribution in [0.1, 0.15) is 19.8 Å². The van der Waals surface area contributed by atoms with Gasteiger partial charge in [-0.15, -0.1) is 0 Å². The molecule has 0 radical (unpaired) electrons. The van der Waals surface area contributed by atoms with Gasteiger partial charge in [0.2, 0.25) is 0 Å². The van der Waals surface area contributed by atoms with Crippen LogP contribution in [0.5, 0.6) is 0 Å². The van der Waals surface area contributed by atoms with Gasteiger partial charge in [0.15, 0.2) is 5.96 Å². The Morgan fingerprint density at radius 2 is 2.17 bits per heavy atom. The average Bonchev–Trinajstić information content (AvgIpc) is 2.56. The summed E-state index contributed by atoms with van der Waals surface area (Å²) in [6.07, 6.45) is 6.64. The highest BCUT2D eigenvalue weighted by Gasteiger charge is 2.10. The lowest BCUT2D eigenvalue weighted by Gasteiger charge is -2.15. The van der Waals surface area contributed by atoms with Crippen molar-refractivity contribution < 1.29 is 0 Å². The monoisotopic (exact) mass is 167 g/mol. The fourth-order valence-electron chi connectivity index (χ4n) is 1.29. The van der Waals surface area contributed by atoms with Crippen LogP contribution < -0.4 is 10.6 Å². The molecule has 0 atom stereocenters. The van der Waals surface area contributed by atoms with Gasteiger partial charge >= 0.3 is 0 Å². The first kappa shape index (κ1) is 9.10. The van der Waals surface area contributed by atoms with Crippen molar-refractivity contribution in [2.75, 3.05) is 13.6 Å². The largest absolute Gasteiger partial charge is 0.357 e. The molecule has 0 fully saturated rings. The first-order chi connectivity index (χ1) is 5.86. The zero-order chi connectivity index (χ0) is 8.81. The molecule has 1 aliphatic carbocycles. The van der Waals surface area contributed by atoms with E-state index in [1.807, 2.05) is 0 Å². The molecular weight excluding hydrogens is 150 g/mol. The molecule has 0 unspecified atom stereocenters. The van der Waals surface area contributed by atoms with Gasteiger partial charge in [0.1, 0.15) is 0 Å². The molecule has 1 rings (SSSR count). The van der Waals surface area contributed by atoms with E-state index in [0.29, 0.717) is 6.04 Å². The molecule has 3 heteroatoms. The summed E-state index contributed by atoms with van der Waals surface area (Å²) in [6.45, 7) is 2.99. The summed E-state index contributed by atoms with van der Waals surface area (Å²) in [4.78, 5) is 4.11. The van der Waals surface area contributed by atoms with Crippen LogP contribution in [0, 0.1) is 0 Å². The van der Waals surface area contributed by atoms with Crippen molar-refractivity contribution in [2.24, 2.45) is 4.99 Å². The van der Waals surface area contributed by atoms with E-state index >= 15 is 0 Å². The molecule has 0 heterocycles. The Balaban J connectivity index is 2.27. The molecule has 3 nitrogen and oxygen atoms in total. The average molecular weight is 167 g/mol. The summed E-state index contributed by atoms with van der Waals surface area (Å²) < 4.78 is 0. The molecule has 0 saturated carbocycles. The van der Waals surface area contributed by atoms with Crippen molar-refractivity contribution in [1.82, 2.24) is 10.6 Å². The predicted octanol–water partition coefficient (Wildman–Crippen LogP) is 0.890. The van der Waals surface area contributed by atoms with Crippen LogP contribution in [0.2, 0.25) is 0 Å². The summed E-state index contributed by atoms with van der Waals surface area (Å²) >= 11 is 0. The first-order valence-corrected chi connectivity index (χ1v) is 4.49. The Bertz CT molecular complexity index is 176. The highest BCUT2D eigenvalue weighted by molar-refractivity contribution is 5.79. The van der Waals surface area contributed by atoms with E-state index in [1.54, 1.807) is 7.05 Å². The molecular formula is C9H17N3. The Morgan fingerprint density at radius 3 is 2.67 bits per heavy atom. The number of aliphatic imine (C=N–C) groups is 1. The van der Waals surface area contributed by atoms with Crippen molar-refractivity contribution in [3.8, 4) is 0 Å². The maximum absolute atomic E-state index is 4.11. The maximum Gasteiger partial charge on any atom is 0.191 e. The van der Waals surface area contributed by atoms with E-state index in [0.717, 1.165) is 25.3 Å². The van der Waals surface area contributed by atoms with Crippen molar-refractivity contribution >= 4 is 5.96 Å². The Labute approximate surface area is 74.0 Å². The quantitative estimate of drug-likeness (QED) is 0.364. The minimum Gasteiger partial charge on any atom is -0.357 e. The highest BCUT2D eigenvalue weighted by Crippen LogP contribution is 2.08. The van der Waals surface area contributed by atoms with E-state index in [4.69, 9.17) is 0 Å². The fourth-order valence-corrected chi connectivity index (χ4v) is 1.29. The lowest BCUT2D eigenvalue weighted by molar-refractivity contribution is 0.636. The second-order valence-corrected chi connectivity index (χ2v) is 2.89. The molecule has 1 aliphatic rings. The van der Waals surface area contributed by atoms with Crippen molar-refractivity contribution in [3.63, 3.8) is 0 Å². The van der Waals surface area contributed by atoms with Gasteiger partial charge in [0.25, 0.3) is 0 Å². The molecule has 0 bridgehead atoms. The van der Waals surface area contributed by atoms with Crippen LogP contribution in [-0.4, -0.2) is 25.6 Å². The number of hydrogen-bond donors (Lipinski definition) is 2. The highest BCUT2D eigenvalue weighted by atomic mass is 15.2. The van der Waals surface area contributed by atoms with Gasteiger partial charge in [-0.25, -0.2) is 0 Å². The van der Waals surface area contributed by atoms with E-state index in [-0.39, 0.29) is 0 Å². The van der Waals surface area contributed by atoms with Crippen LogP contribution in [0.25, 0.3) is 0 Å². The molecule has 0 aromatic heterocycles. The summed E-state index contributed by atoms with van der Waals surface area (Å²) in [6, 6.07) is 0.544. The third-order valence-electron chi connectivity index (χ3n) is 1.92. The van der Waals surface area contributed by atoms with Gasteiger partial charge < -0.3 is 10.6 Å². The zero-order valence-electron chi connectivity index (χ0n) is 7.80. The van der Waals surface area contributed by atoms with E-state index in [9.17, 15) is 0 Å². The molecule has 0 aliphatic heterocycles. The van der Waals surface area contributed by atoms with E-state index < -0.39 is 0 Å². The van der Waals surface area contributed by atoms with Crippen molar-refractivity contribution in [1.29, 1.82) is 0 Å². The second kappa shape index (κ2) is 4.80. The minimum absolute atomic E-state index is 0.544. The Kier molecular flexibility index (Phi) is 3.64. The maximum atomic E-state index is 4.11. The lowest BCUT2D eigenvalue weighted by Crippen LogP contribution is -2.42. The van der Waals surface area contributed by atoms with Gasteiger partial charge in [-0.2, -0.15) is 0 Å².